The van der Waals surface area contributed by atoms with E-state index in [0.29, 0.717) is 11.1 Å². The van der Waals surface area contributed by atoms with E-state index in [2.05, 4.69) is 20.9 Å². The highest BCUT2D eigenvalue weighted by atomic mass is 19.4. The second kappa shape index (κ2) is 22.4. The molecule has 4 aromatic rings. The summed E-state index contributed by atoms with van der Waals surface area (Å²) in [5.74, 6) is -2.55. The smallest absolute Gasteiger partial charge is 0.370 e. The van der Waals surface area contributed by atoms with Gasteiger partial charge in [-0.3, -0.25) is 34.0 Å². The van der Waals surface area contributed by atoms with E-state index in [-0.39, 0.29) is 103 Å². The van der Waals surface area contributed by atoms with E-state index < -0.39 is 84.3 Å². The lowest BCUT2D eigenvalue weighted by molar-refractivity contribution is -0.138. The Morgan fingerprint density at radius 2 is 1.01 bits per heavy atom. The van der Waals surface area contributed by atoms with E-state index >= 15 is 0 Å². The van der Waals surface area contributed by atoms with Gasteiger partial charge in [-0.25, -0.2) is 9.59 Å². The molecule has 8 amide bonds. The lowest BCUT2D eigenvalue weighted by atomic mass is 9.92. The Labute approximate surface area is 442 Å². The van der Waals surface area contributed by atoms with Gasteiger partial charge in [-0.2, -0.15) is 36.9 Å². The predicted octanol–water partition coefficient (Wildman–Crippen LogP) is 5.50. The number of amides is 8. The van der Waals surface area contributed by atoms with Gasteiger partial charge in [0.15, 0.2) is 5.96 Å². The molecule has 4 aliphatic heterocycles. The highest BCUT2D eigenvalue weighted by molar-refractivity contribution is 6.09. The highest BCUT2D eigenvalue weighted by Crippen LogP contribution is 2.46. The first-order chi connectivity index (χ1) is 37.2. The van der Waals surface area contributed by atoms with Crippen molar-refractivity contribution in [2.45, 2.75) is 38.3 Å². The number of carbonyl (C=O) groups excluding carboxylic acids is 6. The number of hydrogen-bond donors (Lipinski definition) is 4. The van der Waals surface area contributed by atoms with Gasteiger partial charge in [0.1, 0.15) is 13.1 Å². The summed E-state index contributed by atoms with van der Waals surface area (Å²) in [5, 5.41) is 27.0. The van der Waals surface area contributed by atoms with Crippen molar-refractivity contribution in [1.82, 2.24) is 35.6 Å². The second-order valence-electron chi connectivity index (χ2n) is 18.1. The molecular weight excluding hydrogens is 1030 g/mol. The minimum absolute atomic E-state index is 0.0156. The van der Waals surface area contributed by atoms with Crippen LogP contribution in [-0.4, -0.2) is 127 Å². The number of nitrogens with zero attached hydrogens (tertiary/aromatic N) is 9. The van der Waals surface area contributed by atoms with Gasteiger partial charge >= 0.3 is 24.4 Å². The quantitative estimate of drug-likeness (QED) is 0.0475. The Morgan fingerprint density at radius 1 is 0.615 bits per heavy atom. The number of nitriles is 2. The van der Waals surface area contributed by atoms with E-state index in [1.54, 1.807) is 13.8 Å². The van der Waals surface area contributed by atoms with Crippen molar-refractivity contribution in [3.8, 4) is 12.1 Å². The molecule has 0 aliphatic carbocycles. The van der Waals surface area contributed by atoms with Crippen LogP contribution < -0.4 is 31.5 Å². The van der Waals surface area contributed by atoms with Crippen molar-refractivity contribution in [2.24, 2.45) is 10.7 Å². The number of alkyl halides is 6. The molecule has 2 atom stereocenters. The summed E-state index contributed by atoms with van der Waals surface area (Å²) in [4.78, 5) is 95.6. The number of anilines is 2. The summed E-state index contributed by atoms with van der Waals surface area (Å²) in [6.45, 7) is 1.92. The summed E-state index contributed by atoms with van der Waals surface area (Å²) in [5.41, 5.74) is 5.35. The first kappa shape index (κ1) is 54.9. The predicted molar refractivity (Wildman–Crippen MR) is 269 cm³/mol. The molecule has 4 aliphatic rings. The van der Waals surface area contributed by atoms with Crippen LogP contribution in [0.25, 0.3) is 0 Å². The van der Waals surface area contributed by atoms with Crippen molar-refractivity contribution in [3.63, 3.8) is 0 Å². The van der Waals surface area contributed by atoms with E-state index in [0.717, 1.165) is 56.0 Å². The van der Waals surface area contributed by atoms with Crippen molar-refractivity contribution >= 4 is 53.0 Å². The first-order valence-corrected chi connectivity index (χ1v) is 24.4. The summed E-state index contributed by atoms with van der Waals surface area (Å²) in [6, 6.07) is 20.0. The third kappa shape index (κ3) is 11.1. The molecule has 78 heavy (non-hydrogen) atoms. The van der Waals surface area contributed by atoms with E-state index in [9.17, 15) is 65.6 Å². The molecule has 0 bridgehead atoms. The normalized spacial score (nSPS) is 17.8. The molecule has 8 rings (SSSR count). The molecule has 0 saturated carbocycles. The van der Waals surface area contributed by atoms with Gasteiger partial charge in [-0.15, -0.1) is 0 Å². The maximum Gasteiger partial charge on any atom is 0.416 e. The van der Waals surface area contributed by atoms with Gasteiger partial charge in [0.05, 0.1) is 100 Å². The number of guanidine groups is 1. The first-order valence-electron chi connectivity index (χ1n) is 24.4. The Morgan fingerprint density at radius 3 is 1.40 bits per heavy atom. The van der Waals surface area contributed by atoms with Crippen molar-refractivity contribution in [3.05, 3.63) is 153 Å². The number of benzene rings is 4. The van der Waals surface area contributed by atoms with E-state index in [1.807, 2.05) is 12.1 Å². The fourth-order valence-corrected chi connectivity index (χ4v) is 9.63. The van der Waals surface area contributed by atoms with Gasteiger partial charge in [-0.05, 0) is 85.6 Å². The molecule has 4 heterocycles. The molecule has 5 N–H and O–H groups in total. The number of rotatable bonds is 16. The summed E-state index contributed by atoms with van der Waals surface area (Å²) in [7, 11) is 0. The monoisotopic (exact) mass is 1080 g/mol. The SMILES string of the molecule is CCN1CC2=C(C1=O)[C@@H](c1ccc(C#N)cc1)N(CC(=O)NCCN=C(N)NCCNC(=O)CN1C(=O)N(c3cccc(C(F)(F)F)c3)C3=C(C(=O)N(CC)C3)[C@H]1c1ccc(C#N)cc1)C(=O)N2c1cccc(C(F)(F)F)c1. The van der Waals surface area contributed by atoms with E-state index in [4.69, 9.17) is 5.73 Å². The fourth-order valence-electron chi connectivity index (χ4n) is 9.63. The lowest BCUT2D eigenvalue weighted by Gasteiger charge is -2.41. The maximum absolute atomic E-state index is 14.6. The minimum atomic E-state index is -4.76. The number of carbonyl (C=O) groups is 6. The molecule has 0 fully saturated rings. The Hall–Kier alpha value is -9.39. The van der Waals surface area contributed by atoms with Crippen LogP contribution in [0.15, 0.2) is 125 Å². The minimum Gasteiger partial charge on any atom is -0.370 e. The largest absolute Gasteiger partial charge is 0.416 e. The van der Waals surface area contributed by atoms with Crippen LogP contribution in [0.4, 0.5) is 47.3 Å². The van der Waals surface area contributed by atoms with Crippen LogP contribution >= 0.6 is 0 Å². The molecule has 0 saturated heterocycles. The molecule has 0 spiro atoms. The van der Waals surface area contributed by atoms with Gasteiger partial charge < -0.3 is 41.3 Å². The standard InChI is InChI=1S/C53H49F6N13O6/c1-3-67-27-39-43(47(67)75)45(33-15-11-31(25-60)12-16-33)69(50(77)71(39)37-9-5-7-35(23-37)52(54,55)56)29-41(73)63-19-21-65-49(62)66-22-20-64-42(74)30-70-46(34-17-13-32(26-61)14-18-34)44-40(28-68(4-2)48(44)76)72(51(70)78)38-10-6-8-36(24-38)53(57,58)59/h5-18,23-24,45-46H,3-4,19-22,27-30H2,1-2H3,(H,63,73)(H,64,74)(H3,62,65,66)/t45-,46-/m1/s1. The molecule has 0 radical (unpaired) electrons. The van der Waals surface area contributed by atoms with Crippen LogP contribution in [-0.2, 0) is 31.5 Å². The molecule has 0 unspecified atom stereocenters. The number of hydrogen-bond acceptors (Lipinski definition) is 9. The molecule has 0 aromatic heterocycles. The summed E-state index contributed by atoms with van der Waals surface area (Å²) >= 11 is 0. The fraction of sp³-hybridized carbons (Fsp3) is 0.302. The van der Waals surface area contributed by atoms with E-state index in [1.165, 1.54) is 70.5 Å². The van der Waals surface area contributed by atoms with Crippen LogP contribution in [0, 0.1) is 22.7 Å². The van der Waals surface area contributed by atoms with Crippen molar-refractivity contribution in [2.75, 3.05) is 75.2 Å². The zero-order valence-corrected chi connectivity index (χ0v) is 41.8. The van der Waals surface area contributed by atoms with Crippen molar-refractivity contribution < 1.29 is 55.1 Å². The number of halogens is 6. The number of nitrogens with one attached hydrogen (secondary N) is 3. The van der Waals surface area contributed by atoms with Crippen LogP contribution in [0.1, 0.15) is 59.3 Å². The van der Waals surface area contributed by atoms with Crippen LogP contribution in [0.5, 0.6) is 0 Å². The topological polar surface area (TPSA) is 244 Å². The third-order valence-corrected chi connectivity index (χ3v) is 13.4. The van der Waals surface area contributed by atoms with Crippen LogP contribution in [0.3, 0.4) is 0 Å². The van der Waals surface area contributed by atoms with Gasteiger partial charge in [0.25, 0.3) is 11.8 Å². The molecule has 4 aromatic carbocycles. The second-order valence-corrected chi connectivity index (χ2v) is 18.1. The molecule has 19 nitrogen and oxygen atoms in total. The maximum atomic E-state index is 14.6. The van der Waals surface area contributed by atoms with Gasteiger partial charge in [0.2, 0.25) is 11.8 Å². The highest BCUT2D eigenvalue weighted by Gasteiger charge is 2.51. The summed E-state index contributed by atoms with van der Waals surface area (Å²) in [6.07, 6.45) is -9.53. The zero-order chi connectivity index (χ0) is 56.2. The zero-order valence-electron chi connectivity index (χ0n) is 41.8. The number of likely N-dealkylation sites (N-methyl/N-ethyl adjacent to an activating group) is 2. The molecule has 404 valence electrons. The Balaban J connectivity index is 0.923. The van der Waals surface area contributed by atoms with Gasteiger partial charge in [-0.1, -0.05) is 36.4 Å². The third-order valence-electron chi connectivity index (χ3n) is 13.4. The average Bonchev–Trinajstić information content (AvgIpc) is 4.16. The number of nitrogens with two attached hydrogens (primary N) is 1. The van der Waals surface area contributed by atoms with Crippen LogP contribution in [0.2, 0.25) is 0 Å². The number of aliphatic imine (C=N–C) groups is 1. The lowest BCUT2D eigenvalue weighted by Crippen LogP contribution is -2.53. The average molecular weight is 1080 g/mol. The Bertz CT molecular complexity index is 3240. The Kier molecular flexibility index (Phi) is 15.8. The van der Waals surface area contributed by atoms with Crippen molar-refractivity contribution in [1.29, 1.82) is 10.5 Å². The summed E-state index contributed by atoms with van der Waals surface area (Å²) < 4.78 is 83.5. The molecular formula is C53H49F6N13O6. The van der Waals surface area contributed by atoms with Gasteiger partial charge in [0, 0.05) is 32.7 Å². The number of urea groups is 2. The molecule has 25 heteroatoms.